The Labute approximate surface area is 183 Å². The predicted octanol–water partition coefficient (Wildman–Crippen LogP) is 3.23. The molecule has 0 atom stereocenters. The molecule has 3 aromatic rings. The van der Waals surface area contributed by atoms with Crippen molar-refractivity contribution in [2.24, 2.45) is 0 Å². The molecule has 8 heteroatoms. The predicted molar refractivity (Wildman–Crippen MR) is 120 cm³/mol. The molecular formula is C23H28N4O3S. The fraction of sp³-hybridized carbons (Fsp3) is 0.391. The molecule has 0 radical (unpaired) electrons. The number of hydrogen-bond donors (Lipinski definition) is 1. The number of carbonyl (C=O) groups is 1. The van der Waals surface area contributed by atoms with Crippen LogP contribution in [-0.2, 0) is 27.9 Å². The summed E-state index contributed by atoms with van der Waals surface area (Å²) in [4.78, 5) is 16.9. The van der Waals surface area contributed by atoms with Crippen LogP contribution in [0.15, 0.2) is 53.7 Å². The highest BCUT2D eigenvalue weighted by Crippen LogP contribution is 2.24. The molecule has 1 amide bonds. The highest BCUT2D eigenvalue weighted by Gasteiger charge is 2.26. The van der Waals surface area contributed by atoms with E-state index in [1.807, 2.05) is 29.7 Å². The maximum atomic E-state index is 12.9. The standard InChI is InChI=1S/C23H28N4O3S/c1-18-6-5-7-19(14-18)16-24-23(28)10-13-26-17-25-21-15-20(8-9-22(21)26)31(29,30)27-11-3-2-4-12-27/h5-9,14-15,17H,2-4,10-13,16H2,1H3,(H,24,28). The number of nitrogens with zero attached hydrogens (tertiary/aromatic N) is 3. The molecule has 1 aliphatic rings. The van der Waals surface area contributed by atoms with Gasteiger partial charge in [-0.3, -0.25) is 4.79 Å². The molecule has 0 spiro atoms. The number of piperidine rings is 1. The lowest BCUT2D eigenvalue weighted by Crippen LogP contribution is -2.35. The number of nitrogens with one attached hydrogen (secondary N) is 1. The quantitative estimate of drug-likeness (QED) is 0.611. The van der Waals surface area contributed by atoms with Gasteiger partial charge < -0.3 is 9.88 Å². The average Bonchev–Trinajstić information content (AvgIpc) is 3.19. The van der Waals surface area contributed by atoms with E-state index in [4.69, 9.17) is 0 Å². The van der Waals surface area contributed by atoms with E-state index in [1.165, 1.54) is 5.56 Å². The molecule has 0 saturated carbocycles. The molecule has 164 valence electrons. The molecule has 0 unspecified atom stereocenters. The van der Waals surface area contributed by atoms with Crippen molar-refractivity contribution in [3.63, 3.8) is 0 Å². The minimum absolute atomic E-state index is 0.0346. The first kappa shape index (κ1) is 21.5. The van der Waals surface area contributed by atoms with Gasteiger partial charge in [0.1, 0.15) is 0 Å². The third kappa shape index (κ3) is 4.97. The Bertz CT molecular complexity index is 1180. The van der Waals surface area contributed by atoms with Gasteiger partial charge in [0.15, 0.2) is 0 Å². The summed E-state index contributed by atoms with van der Waals surface area (Å²) in [6, 6.07) is 13.1. The minimum atomic E-state index is -3.49. The van der Waals surface area contributed by atoms with E-state index < -0.39 is 10.0 Å². The third-order valence-electron chi connectivity index (χ3n) is 5.70. The van der Waals surface area contributed by atoms with Crippen LogP contribution >= 0.6 is 0 Å². The van der Waals surface area contributed by atoms with Crippen LogP contribution in [0, 0.1) is 6.92 Å². The Morgan fingerprint density at radius 1 is 1.10 bits per heavy atom. The first-order chi connectivity index (χ1) is 14.9. The lowest BCUT2D eigenvalue weighted by molar-refractivity contribution is -0.121. The summed E-state index contributed by atoms with van der Waals surface area (Å²) in [5.74, 6) is -0.0346. The molecule has 0 aliphatic carbocycles. The molecule has 4 rings (SSSR count). The van der Waals surface area contributed by atoms with E-state index in [1.54, 1.807) is 28.8 Å². The largest absolute Gasteiger partial charge is 0.352 e. The maximum absolute atomic E-state index is 12.9. The number of sulfonamides is 1. The molecular weight excluding hydrogens is 412 g/mol. The van der Waals surface area contributed by atoms with E-state index in [-0.39, 0.29) is 10.8 Å². The van der Waals surface area contributed by atoms with Gasteiger partial charge in [-0.15, -0.1) is 0 Å². The summed E-state index contributed by atoms with van der Waals surface area (Å²) in [5.41, 5.74) is 3.68. The van der Waals surface area contributed by atoms with Gasteiger partial charge in [-0.2, -0.15) is 4.31 Å². The van der Waals surface area contributed by atoms with Gasteiger partial charge in [0.25, 0.3) is 0 Å². The van der Waals surface area contributed by atoms with Gasteiger partial charge in [-0.25, -0.2) is 13.4 Å². The van der Waals surface area contributed by atoms with Crippen LogP contribution in [-0.4, -0.2) is 41.3 Å². The van der Waals surface area contributed by atoms with Gasteiger partial charge in [-0.05, 0) is 43.5 Å². The monoisotopic (exact) mass is 440 g/mol. The first-order valence-electron chi connectivity index (χ1n) is 10.7. The second kappa shape index (κ2) is 9.20. The maximum Gasteiger partial charge on any atom is 0.243 e. The van der Waals surface area contributed by atoms with Crippen molar-refractivity contribution < 1.29 is 13.2 Å². The van der Waals surface area contributed by atoms with Crippen molar-refractivity contribution in [2.75, 3.05) is 13.1 Å². The fourth-order valence-electron chi connectivity index (χ4n) is 3.97. The lowest BCUT2D eigenvalue weighted by atomic mass is 10.1. The van der Waals surface area contributed by atoms with E-state index >= 15 is 0 Å². The fourth-order valence-corrected chi connectivity index (χ4v) is 5.51. The Hall–Kier alpha value is -2.71. The Balaban J connectivity index is 1.39. The molecule has 1 N–H and O–H groups in total. The number of imidazole rings is 1. The van der Waals surface area contributed by atoms with Crippen LogP contribution in [0.1, 0.15) is 36.8 Å². The van der Waals surface area contributed by atoms with Crippen molar-refractivity contribution in [3.05, 3.63) is 59.9 Å². The normalized spacial score (nSPS) is 15.3. The summed E-state index contributed by atoms with van der Waals surface area (Å²) in [7, 11) is -3.49. The van der Waals surface area contributed by atoms with Crippen LogP contribution in [0.4, 0.5) is 0 Å². The highest BCUT2D eigenvalue weighted by atomic mass is 32.2. The molecule has 2 aromatic carbocycles. The zero-order valence-corrected chi connectivity index (χ0v) is 18.6. The average molecular weight is 441 g/mol. The SMILES string of the molecule is Cc1cccc(CNC(=O)CCn2cnc3cc(S(=O)(=O)N4CCCCC4)ccc32)c1. The number of rotatable bonds is 7. The van der Waals surface area contributed by atoms with Crippen molar-refractivity contribution in [1.82, 2.24) is 19.2 Å². The van der Waals surface area contributed by atoms with Crippen molar-refractivity contribution in [2.45, 2.75) is 50.6 Å². The summed E-state index contributed by atoms with van der Waals surface area (Å²) < 4.78 is 29.3. The first-order valence-corrected chi connectivity index (χ1v) is 12.1. The topological polar surface area (TPSA) is 84.3 Å². The second-order valence-electron chi connectivity index (χ2n) is 8.07. The molecule has 31 heavy (non-hydrogen) atoms. The summed E-state index contributed by atoms with van der Waals surface area (Å²) >= 11 is 0. The summed E-state index contributed by atoms with van der Waals surface area (Å²) in [5, 5.41) is 2.94. The van der Waals surface area contributed by atoms with Gasteiger partial charge in [-0.1, -0.05) is 36.2 Å². The molecule has 7 nitrogen and oxygen atoms in total. The highest BCUT2D eigenvalue weighted by molar-refractivity contribution is 7.89. The van der Waals surface area contributed by atoms with Crippen LogP contribution in [0.3, 0.4) is 0 Å². The van der Waals surface area contributed by atoms with Crippen molar-refractivity contribution >= 4 is 27.0 Å². The van der Waals surface area contributed by atoms with Crippen LogP contribution in [0.2, 0.25) is 0 Å². The molecule has 2 heterocycles. The lowest BCUT2D eigenvalue weighted by Gasteiger charge is -2.25. The number of benzene rings is 2. The third-order valence-corrected chi connectivity index (χ3v) is 7.59. The number of hydrogen-bond acceptors (Lipinski definition) is 4. The van der Waals surface area contributed by atoms with Crippen LogP contribution in [0.5, 0.6) is 0 Å². The summed E-state index contributed by atoms with van der Waals surface area (Å²) in [6.07, 6.45) is 4.87. The molecule has 1 fully saturated rings. The van der Waals surface area contributed by atoms with Gasteiger partial charge in [0.05, 0.1) is 22.3 Å². The number of carbonyl (C=O) groups excluding carboxylic acids is 1. The van der Waals surface area contributed by atoms with Gasteiger partial charge >= 0.3 is 0 Å². The van der Waals surface area contributed by atoms with Gasteiger partial charge in [0.2, 0.25) is 15.9 Å². The summed E-state index contributed by atoms with van der Waals surface area (Å²) in [6.45, 7) is 4.16. The number of fused-ring (bicyclic) bond motifs is 1. The Kier molecular flexibility index (Phi) is 6.38. The number of aryl methyl sites for hydroxylation is 2. The molecule has 1 aromatic heterocycles. The van der Waals surface area contributed by atoms with Crippen LogP contribution < -0.4 is 5.32 Å². The molecule has 1 saturated heterocycles. The molecule has 0 bridgehead atoms. The van der Waals surface area contributed by atoms with Crippen molar-refractivity contribution in [3.8, 4) is 0 Å². The Morgan fingerprint density at radius 2 is 1.90 bits per heavy atom. The van der Waals surface area contributed by atoms with E-state index in [2.05, 4.69) is 16.4 Å². The zero-order chi connectivity index (χ0) is 21.8. The smallest absolute Gasteiger partial charge is 0.243 e. The molecule has 1 aliphatic heterocycles. The van der Waals surface area contributed by atoms with Crippen molar-refractivity contribution in [1.29, 1.82) is 0 Å². The second-order valence-corrected chi connectivity index (χ2v) is 10.0. The number of aromatic nitrogens is 2. The van der Waals surface area contributed by atoms with Gasteiger partial charge in [0, 0.05) is 32.6 Å². The van der Waals surface area contributed by atoms with E-state index in [0.717, 1.165) is 30.3 Å². The van der Waals surface area contributed by atoms with Crippen LogP contribution in [0.25, 0.3) is 11.0 Å². The number of amides is 1. The zero-order valence-electron chi connectivity index (χ0n) is 17.8. The minimum Gasteiger partial charge on any atom is -0.352 e. The Morgan fingerprint density at radius 3 is 2.68 bits per heavy atom. The van der Waals surface area contributed by atoms with E-state index in [9.17, 15) is 13.2 Å². The van der Waals surface area contributed by atoms with E-state index in [0.29, 0.717) is 38.1 Å².